The molecular weight excluding hydrogens is 314 g/mol. The number of hydrogen-bond donors (Lipinski definition) is 1. The zero-order chi connectivity index (χ0) is 17.7. The monoisotopic (exact) mass is 339 g/mol. The van der Waals surface area contributed by atoms with E-state index in [-0.39, 0.29) is 13.1 Å². The fourth-order valence-electron chi connectivity index (χ4n) is 2.64. The second-order valence-electron chi connectivity index (χ2n) is 5.77. The average molecular weight is 339 g/mol. The van der Waals surface area contributed by atoms with Gasteiger partial charge in [0.1, 0.15) is 5.60 Å². The van der Waals surface area contributed by atoms with Gasteiger partial charge in [-0.15, -0.1) is 0 Å². The Morgan fingerprint density at radius 2 is 1.75 bits per heavy atom. The number of rotatable bonds is 7. The molecule has 1 saturated heterocycles. The Kier molecular flexibility index (Phi) is 5.77. The van der Waals surface area contributed by atoms with Gasteiger partial charge in [0.15, 0.2) is 11.5 Å². The smallest absolute Gasteiger partial charge is 0.409 e. The Morgan fingerprint density at radius 1 is 1.17 bits per heavy atom. The summed E-state index contributed by atoms with van der Waals surface area (Å²) >= 11 is 0. The average Bonchev–Trinajstić information content (AvgIpc) is 2.57. The standard InChI is InChI=1S/C17H25NO6/c1-5-6-7-24-16(19)18-10-17(20,11-18)12-8-13(21-2)15(23-4)14(9-12)22-3/h8-9,20H,5-7,10-11H2,1-4H3. The van der Waals surface area contributed by atoms with Crippen molar-refractivity contribution in [3.05, 3.63) is 17.7 Å². The van der Waals surface area contributed by atoms with E-state index in [0.717, 1.165) is 12.8 Å². The van der Waals surface area contributed by atoms with Crippen molar-refractivity contribution in [1.29, 1.82) is 0 Å². The molecule has 1 N–H and O–H groups in total. The molecule has 2 rings (SSSR count). The third kappa shape index (κ3) is 3.51. The van der Waals surface area contributed by atoms with E-state index in [1.165, 1.54) is 26.2 Å². The summed E-state index contributed by atoms with van der Waals surface area (Å²) in [6.07, 6.45) is 1.39. The van der Waals surface area contributed by atoms with Crippen LogP contribution in [0.15, 0.2) is 12.1 Å². The molecule has 1 heterocycles. The number of aliphatic hydroxyl groups is 1. The maximum Gasteiger partial charge on any atom is 0.409 e. The van der Waals surface area contributed by atoms with Crippen molar-refractivity contribution >= 4 is 6.09 Å². The summed E-state index contributed by atoms with van der Waals surface area (Å²) in [7, 11) is 4.55. The second kappa shape index (κ2) is 7.61. The van der Waals surface area contributed by atoms with E-state index in [1.54, 1.807) is 12.1 Å². The first kappa shape index (κ1) is 18.2. The molecule has 0 unspecified atom stereocenters. The molecule has 0 saturated carbocycles. The summed E-state index contributed by atoms with van der Waals surface area (Å²) in [6.45, 7) is 2.75. The first-order valence-corrected chi connectivity index (χ1v) is 7.93. The predicted octanol–water partition coefficient (Wildman–Crippen LogP) is 2.15. The van der Waals surface area contributed by atoms with Gasteiger partial charge in [0.25, 0.3) is 0 Å². The topological polar surface area (TPSA) is 77.5 Å². The van der Waals surface area contributed by atoms with Crippen molar-refractivity contribution < 1.29 is 28.8 Å². The lowest BCUT2D eigenvalue weighted by molar-refractivity contribution is -0.0943. The number of carbonyl (C=O) groups is 1. The van der Waals surface area contributed by atoms with Crippen LogP contribution in [0.2, 0.25) is 0 Å². The van der Waals surface area contributed by atoms with Gasteiger partial charge in [0.05, 0.1) is 41.0 Å². The quantitative estimate of drug-likeness (QED) is 0.767. The van der Waals surface area contributed by atoms with Crippen LogP contribution in [0.5, 0.6) is 17.2 Å². The molecule has 134 valence electrons. The summed E-state index contributed by atoms with van der Waals surface area (Å²) in [5, 5.41) is 10.8. The van der Waals surface area contributed by atoms with E-state index in [2.05, 4.69) is 0 Å². The predicted molar refractivity (Wildman–Crippen MR) is 87.8 cm³/mol. The number of methoxy groups -OCH3 is 3. The molecule has 1 fully saturated rings. The lowest BCUT2D eigenvalue weighted by atomic mass is 9.86. The highest BCUT2D eigenvalue weighted by Crippen LogP contribution is 2.43. The summed E-state index contributed by atoms with van der Waals surface area (Å²) < 4.78 is 21.0. The molecular formula is C17H25NO6. The van der Waals surface area contributed by atoms with E-state index in [0.29, 0.717) is 29.4 Å². The fourth-order valence-corrected chi connectivity index (χ4v) is 2.64. The normalized spacial score (nSPS) is 15.5. The van der Waals surface area contributed by atoms with E-state index in [9.17, 15) is 9.90 Å². The Morgan fingerprint density at radius 3 is 2.21 bits per heavy atom. The Bertz CT molecular complexity index is 557. The highest BCUT2D eigenvalue weighted by Gasteiger charge is 2.46. The molecule has 0 aliphatic carbocycles. The van der Waals surface area contributed by atoms with Crippen molar-refractivity contribution in [2.75, 3.05) is 41.0 Å². The van der Waals surface area contributed by atoms with Crippen LogP contribution >= 0.6 is 0 Å². The molecule has 0 radical (unpaired) electrons. The highest BCUT2D eigenvalue weighted by atomic mass is 16.6. The number of β-amino-alcohol motifs (C(OH)–C–C–N with tert-alkyl or cyclic N) is 1. The largest absolute Gasteiger partial charge is 0.493 e. The maximum atomic E-state index is 11.9. The van der Waals surface area contributed by atoms with Gasteiger partial charge in [-0.1, -0.05) is 13.3 Å². The first-order chi connectivity index (χ1) is 11.5. The summed E-state index contributed by atoms with van der Waals surface area (Å²) in [6, 6.07) is 3.39. The van der Waals surface area contributed by atoms with E-state index in [4.69, 9.17) is 18.9 Å². The van der Waals surface area contributed by atoms with Crippen molar-refractivity contribution in [3.8, 4) is 17.2 Å². The number of unbranched alkanes of at least 4 members (excludes halogenated alkanes) is 1. The Hall–Kier alpha value is -2.15. The molecule has 0 spiro atoms. The Balaban J connectivity index is 2.11. The molecule has 1 aromatic rings. The third-order valence-electron chi connectivity index (χ3n) is 4.09. The number of amides is 1. The van der Waals surface area contributed by atoms with Gasteiger partial charge in [0.2, 0.25) is 5.75 Å². The number of hydrogen-bond acceptors (Lipinski definition) is 6. The van der Waals surface area contributed by atoms with Gasteiger partial charge < -0.3 is 29.0 Å². The van der Waals surface area contributed by atoms with E-state index >= 15 is 0 Å². The number of carbonyl (C=O) groups excluding carboxylic acids is 1. The molecule has 0 atom stereocenters. The lowest BCUT2D eigenvalue weighted by Gasteiger charge is -2.46. The van der Waals surface area contributed by atoms with Crippen molar-refractivity contribution in [1.82, 2.24) is 4.90 Å². The second-order valence-corrected chi connectivity index (χ2v) is 5.77. The van der Waals surface area contributed by atoms with Crippen LogP contribution in [0.4, 0.5) is 4.79 Å². The molecule has 24 heavy (non-hydrogen) atoms. The van der Waals surface area contributed by atoms with Crippen molar-refractivity contribution in [3.63, 3.8) is 0 Å². The summed E-state index contributed by atoms with van der Waals surface area (Å²) in [5.41, 5.74) is -0.550. The number of benzene rings is 1. The van der Waals surface area contributed by atoms with E-state index in [1.807, 2.05) is 6.92 Å². The minimum atomic E-state index is -1.16. The van der Waals surface area contributed by atoms with Gasteiger partial charge in [0, 0.05) is 0 Å². The third-order valence-corrected chi connectivity index (χ3v) is 4.09. The van der Waals surface area contributed by atoms with Crippen LogP contribution in [0.1, 0.15) is 25.3 Å². The molecule has 1 amide bonds. The number of likely N-dealkylation sites (tertiary alicyclic amines) is 1. The van der Waals surface area contributed by atoms with Crippen molar-refractivity contribution in [2.45, 2.75) is 25.4 Å². The lowest BCUT2D eigenvalue weighted by Crippen LogP contribution is -2.61. The van der Waals surface area contributed by atoms with Gasteiger partial charge in [-0.2, -0.15) is 0 Å². The molecule has 7 nitrogen and oxygen atoms in total. The number of nitrogens with zero attached hydrogens (tertiary/aromatic N) is 1. The Labute approximate surface area is 142 Å². The highest BCUT2D eigenvalue weighted by molar-refractivity contribution is 5.69. The summed E-state index contributed by atoms with van der Waals surface area (Å²) in [5.74, 6) is 1.39. The fraction of sp³-hybridized carbons (Fsp3) is 0.588. The minimum absolute atomic E-state index is 0.163. The minimum Gasteiger partial charge on any atom is -0.493 e. The molecule has 1 aliphatic rings. The van der Waals surface area contributed by atoms with E-state index < -0.39 is 11.7 Å². The van der Waals surface area contributed by atoms with Gasteiger partial charge in [-0.3, -0.25) is 0 Å². The van der Waals surface area contributed by atoms with Crippen LogP contribution < -0.4 is 14.2 Å². The van der Waals surface area contributed by atoms with Crippen LogP contribution in [-0.4, -0.2) is 57.1 Å². The SMILES string of the molecule is CCCCOC(=O)N1CC(O)(c2cc(OC)c(OC)c(OC)c2)C1. The van der Waals surface area contributed by atoms with Gasteiger partial charge in [-0.25, -0.2) is 4.79 Å². The molecule has 7 heteroatoms. The zero-order valence-electron chi connectivity index (χ0n) is 14.6. The molecule has 0 aromatic heterocycles. The van der Waals surface area contributed by atoms with Crippen LogP contribution in [-0.2, 0) is 10.3 Å². The molecule has 0 bridgehead atoms. The first-order valence-electron chi connectivity index (χ1n) is 7.93. The zero-order valence-corrected chi connectivity index (χ0v) is 14.6. The summed E-state index contributed by atoms with van der Waals surface area (Å²) in [4.78, 5) is 13.4. The van der Waals surface area contributed by atoms with Gasteiger partial charge in [-0.05, 0) is 24.1 Å². The van der Waals surface area contributed by atoms with Crippen LogP contribution in [0.3, 0.4) is 0 Å². The van der Waals surface area contributed by atoms with Gasteiger partial charge >= 0.3 is 6.09 Å². The van der Waals surface area contributed by atoms with Crippen molar-refractivity contribution in [2.24, 2.45) is 0 Å². The van der Waals surface area contributed by atoms with Crippen LogP contribution in [0.25, 0.3) is 0 Å². The maximum absolute atomic E-state index is 11.9. The number of ether oxygens (including phenoxy) is 4. The molecule has 1 aliphatic heterocycles. The van der Waals surface area contributed by atoms with Crippen LogP contribution in [0, 0.1) is 0 Å². The molecule has 1 aromatic carbocycles.